The van der Waals surface area contributed by atoms with E-state index < -0.39 is 12.2 Å². The van der Waals surface area contributed by atoms with Crippen LogP contribution in [0.2, 0.25) is 0 Å². The van der Waals surface area contributed by atoms with Crippen molar-refractivity contribution in [3.63, 3.8) is 0 Å². The highest BCUT2D eigenvalue weighted by atomic mass is 16.6. The van der Waals surface area contributed by atoms with Gasteiger partial charge in [-0.25, -0.2) is 0 Å². The van der Waals surface area contributed by atoms with Gasteiger partial charge < -0.3 is 19.7 Å². The second-order valence-corrected chi connectivity index (χ2v) is 10.7. The zero-order chi connectivity index (χ0) is 30.9. The Morgan fingerprint density at radius 1 is 0.690 bits per heavy atom. The maximum atomic E-state index is 12.0. The first kappa shape index (κ1) is 39.6. The summed E-state index contributed by atoms with van der Waals surface area (Å²) in [6.45, 7) is 3.85. The monoisotopic (exact) mass is 588 g/mol. The fourth-order valence-corrected chi connectivity index (χ4v) is 4.14. The van der Waals surface area contributed by atoms with E-state index in [1.807, 2.05) is 36.5 Å². The van der Waals surface area contributed by atoms with Gasteiger partial charge in [-0.15, -0.1) is 0 Å². The number of ether oxygens (including phenoxy) is 2. The number of unbranched alkanes of at least 4 members (excludes halogenated alkanes) is 10. The van der Waals surface area contributed by atoms with E-state index in [0.717, 1.165) is 44.9 Å². The minimum Gasteiger partial charge on any atom is -0.462 e. The third-order valence-electron chi connectivity index (χ3n) is 6.66. The summed E-state index contributed by atoms with van der Waals surface area (Å²) < 4.78 is 10.5. The van der Waals surface area contributed by atoms with Gasteiger partial charge in [0, 0.05) is 12.8 Å². The molecule has 0 saturated heterocycles. The van der Waals surface area contributed by atoms with Crippen LogP contribution in [0.1, 0.15) is 129 Å². The number of hydrogen-bond acceptors (Lipinski definition) is 6. The van der Waals surface area contributed by atoms with Crippen molar-refractivity contribution in [2.45, 2.75) is 142 Å². The van der Waals surface area contributed by atoms with E-state index in [0.29, 0.717) is 19.3 Å². The van der Waals surface area contributed by atoms with Gasteiger partial charge in [0.1, 0.15) is 6.61 Å². The molecule has 0 radical (unpaired) electrons. The van der Waals surface area contributed by atoms with Crippen LogP contribution in [0.15, 0.2) is 60.8 Å². The smallest absolute Gasteiger partial charge is 0.306 e. The van der Waals surface area contributed by atoms with Crippen LogP contribution in [-0.2, 0) is 19.1 Å². The molecule has 42 heavy (non-hydrogen) atoms. The SMILES string of the molecule is CC/C=C\C/C=C\CC(O)/C=C/C=C\C/C=C\CCCC(=O)OC[C@H](CO)OC(=O)CCCCCCCCCCCC. The molecule has 0 heterocycles. The van der Waals surface area contributed by atoms with E-state index in [2.05, 4.69) is 32.1 Å². The number of carbonyl (C=O) groups is 2. The molecule has 2 atom stereocenters. The maximum Gasteiger partial charge on any atom is 0.306 e. The molecule has 0 aliphatic heterocycles. The van der Waals surface area contributed by atoms with Gasteiger partial charge in [-0.3, -0.25) is 9.59 Å². The van der Waals surface area contributed by atoms with Gasteiger partial charge in [-0.2, -0.15) is 0 Å². The average Bonchev–Trinajstić information content (AvgIpc) is 2.98. The maximum absolute atomic E-state index is 12.0. The van der Waals surface area contributed by atoms with Crippen LogP contribution >= 0.6 is 0 Å². The first-order valence-electron chi connectivity index (χ1n) is 16.5. The van der Waals surface area contributed by atoms with Crippen molar-refractivity contribution in [1.82, 2.24) is 0 Å². The van der Waals surface area contributed by atoms with Crippen molar-refractivity contribution < 1.29 is 29.3 Å². The van der Waals surface area contributed by atoms with Crippen molar-refractivity contribution >= 4 is 11.9 Å². The summed E-state index contributed by atoms with van der Waals surface area (Å²) in [4.78, 5) is 24.0. The molecular formula is C36H60O6. The van der Waals surface area contributed by atoms with E-state index in [-0.39, 0.29) is 31.6 Å². The summed E-state index contributed by atoms with van der Waals surface area (Å²) >= 11 is 0. The van der Waals surface area contributed by atoms with Crippen molar-refractivity contribution in [1.29, 1.82) is 0 Å². The summed E-state index contributed by atoms with van der Waals surface area (Å²) in [6, 6.07) is 0. The van der Waals surface area contributed by atoms with Crippen LogP contribution < -0.4 is 0 Å². The average molecular weight is 589 g/mol. The highest BCUT2D eigenvalue weighted by molar-refractivity contribution is 5.70. The van der Waals surface area contributed by atoms with Gasteiger partial charge in [0.15, 0.2) is 6.10 Å². The number of carbonyl (C=O) groups excluding carboxylic acids is 2. The highest BCUT2D eigenvalue weighted by Gasteiger charge is 2.16. The molecule has 1 unspecified atom stereocenters. The third kappa shape index (κ3) is 29.1. The lowest BCUT2D eigenvalue weighted by atomic mass is 10.1. The molecule has 240 valence electrons. The first-order chi connectivity index (χ1) is 20.5. The van der Waals surface area contributed by atoms with E-state index in [9.17, 15) is 19.8 Å². The standard InChI is InChI=1S/C36H60O6/c1-3-5-7-9-11-12-13-18-22-26-30-36(40)42-34(31-37)32-41-35(39)29-25-21-17-15-14-16-20-24-28-33(38)27-23-19-10-8-6-4-2/h6,8,15-17,19-20,23-24,28,33-34,37-38H,3-5,7,9-14,18,21-22,25-27,29-32H2,1-2H3/b8-6-,17-15-,20-16-,23-19-,28-24+/t33?,34-/m0/s1. The fourth-order valence-electron chi connectivity index (χ4n) is 4.14. The summed E-state index contributed by atoms with van der Waals surface area (Å²) in [5.74, 6) is -0.706. The minimum atomic E-state index is -0.809. The lowest BCUT2D eigenvalue weighted by Crippen LogP contribution is -2.28. The molecule has 6 nitrogen and oxygen atoms in total. The quantitative estimate of drug-likeness (QED) is 0.0411. The van der Waals surface area contributed by atoms with Gasteiger partial charge in [0.05, 0.1) is 12.7 Å². The van der Waals surface area contributed by atoms with Crippen molar-refractivity contribution in [3.05, 3.63) is 60.8 Å². The van der Waals surface area contributed by atoms with E-state index in [1.165, 1.54) is 44.9 Å². The van der Waals surface area contributed by atoms with Gasteiger partial charge in [0.25, 0.3) is 0 Å². The number of aliphatic hydroxyl groups excluding tert-OH is 2. The minimum absolute atomic E-state index is 0.117. The van der Waals surface area contributed by atoms with Crippen molar-refractivity contribution in [3.8, 4) is 0 Å². The third-order valence-corrected chi connectivity index (χ3v) is 6.66. The molecule has 0 aromatic carbocycles. The zero-order valence-corrected chi connectivity index (χ0v) is 26.6. The van der Waals surface area contributed by atoms with Crippen LogP contribution in [0, 0.1) is 0 Å². The second kappa shape index (κ2) is 31.5. The molecule has 0 fully saturated rings. The number of esters is 2. The number of aliphatic hydroxyl groups is 2. The fraction of sp³-hybridized carbons (Fsp3) is 0.667. The predicted molar refractivity (Wildman–Crippen MR) is 174 cm³/mol. The molecule has 6 heteroatoms. The molecule has 0 aliphatic carbocycles. The Bertz CT molecular complexity index is 780. The first-order valence-corrected chi connectivity index (χ1v) is 16.5. The summed E-state index contributed by atoms with van der Waals surface area (Å²) in [5.41, 5.74) is 0. The lowest BCUT2D eigenvalue weighted by molar-refractivity contribution is -0.161. The van der Waals surface area contributed by atoms with Crippen molar-refractivity contribution in [2.75, 3.05) is 13.2 Å². The molecule has 0 spiro atoms. The van der Waals surface area contributed by atoms with Gasteiger partial charge in [-0.05, 0) is 44.9 Å². The van der Waals surface area contributed by atoms with Crippen molar-refractivity contribution in [2.24, 2.45) is 0 Å². The topological polar surface area (TPSA) is 93.1 Å². The molecule has 0 saturated carbocycles. The summed E-state index contributed by atoms with van der Waals surface area (Å²) in [7, 11) is 0. The van der Waals surface area contributed by atoms with Crippen LogP contribution in [0.5, 0.6) is 0 Å². The normalized spacial score (nSPS) is 13.7. The molecule has 0 aromatic rings. The predicted octanol–water partition coefficient (Wildman–Crippen LogP) is 8.64. The Balaban J connectivity index is 3.82. The summed E-state index contributed by atoms with van der Waals surface area (Å²) in [6.07, 6.45) is 36.0. The van der Waals surface area contributed by atoms with Crippen LogP contribution in [0.4, 0.5) is 0 Å². The van der Waals surface area contributed by atoms with E-state index in [4.69, 9.17) is 9.47 Å². The van der Waals surface area contributed by atoms with Crippen LogP contribution in [0.3, 0.4) is 0 Å². The number of hydrogen-bond donors (Lipinski definition) is 2. The molecule has 0 aromatic heterocycles. The summed E-state index contributed by atoms with van der Waals surface area (Å²) in [5, 5.41) is 19.4. The zero-order valence-electron chi connectivity index (χ0n) is 26.6. The Morgan fingerprint density at radius 3 is 2.00 bits per heavy atom. The highest BCUT2D eigenvalue weighted by Crippen LogP contribution is 2.12. The molecule has 0 bridgehead atoms. The Labute approximate surface area is 256 Å². The Kier molecular flexibility index (Phi) is 29.7. The largest absolute Gasteiger partial charge is 0.462 e. The molecule has 2 N–H and O–H groups in total. The van der Waals surface area contributed by atoms with E-state index >= 15 is 0 Å². The number of allylic oxidation sites excluding steroid dienone is 8. The Morgan fingerprint density at radius 2 is 1.31 bits per heavy atom. The molecular weight excluding hydrogens is 528 g/mol. The molecule has 0 aliphatic rings. The van der Waals surface area contributed by atoms with Crippen LogP contribution in [0.25, 0.3) is 0 Å². The number of rotatable bonds is 28. The van der Waals surface area contributed by atoms with Gasteiger partial charge >= 0.3 is 11.9 Å². The van der Waals surface area contributed by atoms with E-state index in [1.54, 1.807) is 6.08 Å². The molecule has 0 rings (SSSR count). The lowest BCUT2D eigenvalue weighted by Gasteiger charge is -2.15. The second-order valence-electron chi connectivity index (χ2n) is 10.7. The van der Waals surface area contributed by atoms with Crippen LogP contribution in [-0.4, -0.2) is 47.6 Å². The Hall–Kier alpha value is -2.44. The van der Waals surface area contributed by atoms with Gasteiger partial charge in [0.2, 0.25) is 0 Å². The van der Waals surface area contributed by atoms with Gasteiger partial charge in [-0.1, -0.05) is 132 Å². The molecule has 0 amide bonds.